The Morgan fingerprint density at radius 1 is 1.19 bits per heavy atom. The fraction of sp³-hybridized carbons (Fsp3) is 0.769. The van der Waals surface area contributed by atoms with Gasteiger partial charge in [0, 0.05) is 5.92 Å². The number of hydrogen-bond acceptors (Lipinski definition) is 2. The van der Waals surface area contributed by atoms with E-state index in [9.17, 15) is 4.79 Å². The number of fused-ring (bicyclic) bond motifs is 2. The van der Waals surface area contributed by atoms with Crippen LogP contribution in [0.3, 0.4) is 0 Å². The van der Waals surface area contributed by atoms with Crippen molar-refractivity contribution in [3.05, 3.63) is 11.8 Å². The second-order valence-corrected chi connectivity index (χ2v) is 11.3. The van der Waals surface area contributed by atoms with Gasteiger partial charge in [-0.05, 0) is 30.9 Å². The lowest BCUT2D eigenvalue weighted by Gasteiger charge is -2.30. The van der Waals surface area contributed by atoms with Gasteiger partial charge in [0.05, 0.1) is 20.3 Å². The third-order valence-corrected chi connectivity index (χ3v) is 5.92. The molecular weight excluding hydrogens is 216 g/mol. The molecule has 0 N–H and O–H groups in total. The number of ether oxygens (including phenoxy) is 1. The normalized spacial score (nSPS) is 33.8. The molecule has 2 atom stereocenters. The highest BCUT2D eigenvalue weighted by atomic mass is 28.3. The van der Waals surface area contributed by atoms with Crippen LogP contribution in [0.15, 0.2) is 11.8 Å². The molecule has 3 heteroatoms. The summed E-state index contributed by atoms with van der Waals surface area (Å²) in [6, 6.07) is 0. The summed E-state index contributed by atoms with van der Waals surface area (Å²) in [6.07, 6.45) is 4.85. The van der Waals surface area contributed by atoms with Gasteiger partial charge < -0.3 is 4.74 Å². The maximum Gasteiger partial charge on any atom is 0.157 e. The number of allylic oxidation sites excluding steroid dienone is 1. The zero-order chi connectivity index (χ0) is 11.9. The van der Waals surface area contributed by atoms with Crippen molar-refractivity contribution >= 4 is 13.9 Å². The second kappa shape index (κ2) is 4.11. The first kappa shape index (κ1) is 12.1. The maximum absolute atomic E-state index is 12.3. The Bertz CT molecular complexity index is 304. The van der Waals surface area contributed by atoms with E-state index < -0.39 is 8.07 Å². The van der Waals surface area contributed by atoms with Crippen LogP contribution in [0, 0.1) is 5.92 Å². The second-order valence-electron chi connectivity index (χ2n) is 6.22. The smallest absolute Gasteiger partial charge is 0.157 e. The summed E-state index contributed by atoms with van der Waals surface area (Å²) in [6.45, 7) is 10.6. The zero-order valence-electron chi connectivity index (χ0n) is 10.6. The van der Waals surface area contributed by atoms with E-state index >= 15 is 0 Å². The molecule has 0 aliphatic carbocycles. The van der Waals surface area contributed by atoms with Crippen LogP contribution in [-0.2, 0) is 9.53 Å². The van der Waals surface area contributed by atoms with Crippen molar-refractivity contribution in [2.45, 2.75) is 57.5 Å². The first-order valence-electron chi connectivity index (χ1n) is 6.27. The van der Waals surface area contributed by atoms with E-state index in [1.807, 2.05) is 0 Å². The van der Waals surface area contributed by atoms with Crippen LogP contribution >= 0.6 is 0 Å². The number of carbonyl (C=O) groups excluding carboxylic acids is 1. The van der Waals surface area contributed by atoms with Gasteiger partial charge in [-0.2, -0.15) is 0 Å². The Labute approximate surface area is 99.1 Å². The maximum atomic E-state index is 12.3. The van der Waals surface area contributed by atoms with E-state index in [-0.39, 0.29) is 5.92 Å². The predicted molar refractivity (Wildman–Crippen MR) is 68.1 cm³/mol. The van der Waals surface area contributed by atoms with Crippen molar-refractivity contribution in [1.82, 2.24) is 0 Å². The van der Waals surface area contributed by atoms with Crippen molar-refractivity contribution in [3.63, 3.8) is 0 Å². The summed E-state index contributed by atoms with van der Waals surface area (Å²) >= 11 is 0. The van der Waals surface area contributed by atoms with Crippen LogP contribution in [0.5, 0.6) is 0 Å². The molecule has 0 amide bonds. The largest absolute Gasteiger partial charge is 0.375 e. The number of carbonyl (C=O) groups is 1. The SMILES string of the molecule is C=C(C(=O)C1CC2CCC(C1)O2)[Si](C)(C)C. The van der Waals surface area contributed by atoms with Gasteiger partial charge in [-0.25, -0.2) is 0 Å². The first-order valence-corrected chi connectivity index (χ1v) is 9.77. The zero-order valence-corrected chi connectivity index (χ0v) is 11.6. The summed E-state index contributed by atoms with van der Waals surface area (Å²) in [5.74, 6) is 0.532. The molecule has 0 aromatic carbocycles. The van der Waals surface area contributed by atoms with E-state index in [0.717, 1.165) is 30.9 Å². The van der Waals surface area contributed by atoms with Crippen molar-refractivity contribution < 1.29 is 9.53 Å². The van der Waals surface area contributed by atoms with Crippen molar-refractivity contribution in [1.29, 1.82) is 0 Å². The molecule has 16 heavy (non-hydrogen) atoms. The number of Topliss-reactive ketones (excluding diaryl/α,β-unsaturated/α-hetero) is 1. The van der Waals surface area contributed by atoms with Crippen LogP contribution in [-0.4, -0.2) is 26.1 Å². The standard InChI is InChI=1S/C13H22O2Si/c1-9(16(2,3)4)13(14)10-7-11-5-6-12(8-10)15-11/h10-12H,1,5-8H2,2-4H3. The highest BCUT2D eigenvalue weighted by Gasteiger charge is 2.39. The van der Waals surface area contributed by atoms with Gasteiger partial charge >= 0.3 is 0 Å². The average Bonchev–Trinajstić information content (AvgIpc) is 2.54. The Hall–Kier alpha value is -0.413. The Kier molecular flexibility index (Phi) is 3.10. The van der Waals surface area contributed by atoms with Gasteiger partial charge in [-0.3, -0.25) is 4.79 Å². The summed E-state index contributed by atoms with van der Waals surface area (Å²) in [7, 11) is -1.52. The molecule has 0 spiro atoms. The minimum absolute atomic E-state index is 0.200. The summed E-state index contributed by atoms with van der Waals surface area (Å²) in [5, 5.41) is 0.916. The molecule has 2 aliphatic heterocycles. The number of rotatable bonds is 3. The molecular formula is C13H22O2Si. The molecule has 0 aromatic rings. The highest BCUT2D eigenvalue weighted by molar-refractivity contribution is 6.87. The first-order chi connectivity index (χ1) is 7.38. The Balaban J connectivity index is 2.03. The molecule has 2 bridgehead atoms. The number of hydrogen-bond donors (Lipinski definition) is 0. The van der Waals surface area contributed by atoms with Gasteiger partial charge in [-0.15, -0.1) is 0 Å². The van der Waals surface area contributed by atoms with Gasteiger partial charge in [0.15, 0.2) is 5.78 Å². The molecule has 2 nitrogen and oxygen atoms in total. The van der Waals surface area contributed by atoms with E-state index in [1.165, 1.54) is 0 Å². The molecule has 90 valence electrons. The van der Waals surface area contributed by atoms with Gasteiger partial charge in [0.2, 0.25) is 0 Å². The topological polar surface area (TPSA) is 26.3 Å². The summed E-state index contributed by atoms with van der Waals surface area (Å²) < 4.78 is 5.77. The van der Waals surface area contributed by atoms with Crippen molar-refractivity contribution in [3.8, 4) is 0 Å². The van der Waals surface area contributed by atoms with E-state index in [0.29, 0.717) is 18.0 Å². The van der Waals surface area contributed by atoms with Gasteiger partial charge in [-0.1, -0.05) is 26.2 Å². The quantitative estimate of drug-likeness (QED) is 0.558. The molecule has 2 saturated heterocycles. The van der Waals surface area contributed by atoms with Crippen LogP contribution in [0.25, 0.3) is 0 Å². The van der Waals surface area contributed by atoms with E-state index in [4.69, 9.17) is 4.74 Å². The fourth-order valence-electron chi connectivity index (χ4n) is 2.69. The van der Waals surface area contributed by atoms with E-state index in [1.54, 1.807) is 0 Å². The molecule has 0 aromatic heterocycles. The molecule has 0 radical (unpaired) electrons. The minimum Gasteiger partial charge on any atom is -0.375 e. The lowest BCUT2D eigenvalue weighted by atomic mass is 9.91. The lowest BCUT2D eigenvalue weighted by molar-refractivity contribution is -0.124. The number of ketones is 1. The lowest BCUT2D eigenvalue weighted by Crippen LogP contribution is -2.36. The highest BCUT2D eigenvalue weighted by Crippen LogP contribution is 2.37. The monoisotopic (exact) mass is 238 g/mol. The summed E-state index contributed by atoms with van der Waals surface area (Å²) in [4.78, 5) is 12.3. The van der Waals surface area contributed by atoms with Crippen molar-refractivity contribution in [2.24, 2.45) is 5.92 Å². The third kappa shape index (κ3) is 2.30. The average molecular weight is 238 g/mol. The molecule has 2 rings (SSSR count). The van der Waals surface area contributed by atoms with Crippen LogP contribution in [0.4, 0.5) is 0 Å². The minimum atomic E-state index is -1.52. The van der Waals surface area contributed by atoms with Gasteiger partial charge in [0.25, 0.3) is 0 Å². The van der Waals surface area contributed by atoms with Crippen LogP contribution in [0.1, 0.15) is 25.7 Å². The molecule has 2 fully saturated rings. The van der Waals surface area contributed by atoms with Gasteiger partial charge in [0.1, 0.15) is 0 Å². The molecule has 2 heterocycles. The fourth-order valence-corrected chi connectivity index (χ4v) is 3.63. The third-order valence-electron chi connectivity index (χ3n) is 3.86. The van der Waals surface area contributed by atoms with Crippen LogP contribution < -0.4 is 0 Å². The Morgan fingerprint density at radius 3 is 2.12 bits per heavy atom. The van der Waals surface area contributed by atoms with Crippen molar-refractivity contribution in [2.75, 3.05) is 0 Å². The predicted octanol–water partition coefficient (Wildman–Crippen LogP) is 2.95. The Morgan fingerprint density at radius 2 is 1.69 bits per heavy atom. The summed E-state index contributed by atoms with van der Waals surface area (Å²) in [5.41, 5.74) is 0. The molecule has 2 aliphatic rings. The van der Waals surface area contributed by atoms with E-state index in [2.05, 4.69) is 26.2 Å². The van der Waals surface area contributed by atoms with Crippen LogP contribution in [0.2, 0.25) is 19.6 Å². The molecule has 2 unspecified atom stereocenters. The molecule has 0 saturated carbocycles.